The zero-order chi connectivity index (χ0) is 16.7. The number of aromatic nitrogens is 4. The van der Waals surface area contributed by atoms with E-state index in [1.54, 1.807) is 18.5 Å². The van der Waals surface area contributed by atoms with E-state index in [0.717, 1.165) is 5.56 Å². The van der Waals surface area contributed by atoms with Crippen LogP contribution in [0, 0.1) is 0 Å². The van der Waals surface area contributed by atoms with Crippen LogP contribution >= 0.6 is 11.8 Å². The van der Waals surface area contributed by atoms with Gasteiger partial charge in [0.25, 0.3) is 0 Å². The molecule has 2 rings (SSSR count). The van der Waals surface area contributed by atoms with Crippen LogP contribution < -0.4 is 10.9 Å². The van der Waals surface area contributed by atoms with Gasteiger partial charge in [0.05, 0.1) is 5.75 Å². The molecule has 2 aromatic rings. The van der Waals surface area contributed by atoms with Gasteiger partial charge in [-0.25, -0.2) is 0 Å². The Morgan fingerprint density at radius 1 is 1.30 bits per heavy atom. The smallest absolute Gasteiger partial charge is 0.248 e. The van der Waals surface area contributed by atoms with Crippen LogP contribution in [-0.4, -0.2) is 37.3 Å². The Bertz CT molecular complexity index is 701. The number of carbonyl (C=O) groups excluding carboxylic acids is 2. The van der Waals surface area contributed by atoms with Crippen LogP contribution in [0.5, 0.6) is 0 Å². The molecule has 120 valence electrons. The molecule has 0 atom stereocenters. The van der Waals surface area contributed by atoms with Crippen LogP contribution in [0.4, 0.5) is 0 Å². The van der Waals surface area contributed by atoms with E-state index in [2.05, 4.69) is 32.6 Å². The van der Waals surface area contributed by atoms with Gasteiger partial charge < -0.3 is 0 Å². The number of nitrogens with zero attached hydrogens (tertiary/aromatic N) is 4. The van der Waals surface area contributed by atoms with Crippen LogP contribution in [0.3, 0.4) is 0 Å². The Morgan fingerprint density at radius 2 is 2.04 bits per heavy atom. The van der Waals surface area contributed by atoms with E-state index in [9.17, 15) is 9.59 Å². The maximum Gasteiger partial charge on any atom is 0.248 e. The topological polar surface area (TPSA) is 102 Å². The Balaban J connectivity index is 2.10. The standard InChI is InChI=1S/C14H16N6O2S/c1-3-8-20-13(11-4-6-15-7-5-11)18-19-14(20)23-9-12(22)17-16-10(2)21/h3-7H,1,8-9H2,2H3,(H,16,21)(H,17,22). The number of hydrazine groups is 1. The normalized spacial score (nSPS) is 10.1. The van der Waals surface area contributed by atoms with Crippen molar-refractivity contribution in [2.45, 2.75) is 18.6 Å². The maximum absolute atomic E-state index is 11.6. The van der Waals surface area contributed by atoms with Gasteiger partial charge >= 0.3 is 0 Å². The molecule has 8 nitrogen and oxygen atoms in total. The van der Waals surface area contributed by atoms with Gasteiger partial charge in [-0.15, -0.1) is 16.8 Å². The highest BCUT2D eigenvalue weighted by molar-refractivity contribution is 7.99. The summed E-state index contributed by atoms with van der Waals surface area (Å²) in [5.41, 5.74) is 5.41. The zero-order valence-corrected chi connectivity index (χ0v) is 13.3. The highest BCUT2D eigenvalue weighted by Crippen LogP contribution is 2.23. The number of allylic oxidation sites excluding steroid dienone is 1. The number of carbonyl (C=O) groups is 2. The summed E-state index contributed by atoms with van der Waals surface area (Å²) in [5.74, 6) is 0.116. The van der Waals surface area contributed by atoms with Crippen molar-refractivity contribution in [3.63, 3.8) is 0 Å². The molecule has 0 radical (unpaired) electrons. The van der Waals surface area contributed by atoms with Crippen molar-refractivity contribution in [3.05, 3.63) is 37.2 Å². The summed E-state index contributed by atoms with van der Waals surface area (Å²) in [5, 5.41) is 8.88. The van der Waals surface area contributed by atoms with Gasteiger partial charge in [-0.05, 0) is 12.1 Å². The molecule has 0 aliphatic carbocycles. The highest BCUT2D eigenvalue weighted by atomic mass is 32.2. The molecule has 2 amide bonds. The highest BCUT2D eigenvalue weighted by Gasteiger charge is 2.14. The molecule has 23 heavy (non-hydrogen) atoms. The Morgan fingerprint density at radius 3 is 2.70 bits per heavy atom. The molecule has 0 aliphatic rings. The van der Waals surface area contributed by atoms with Gasteiger partial charge in [0, 0.05) is 31.4 Å². The minimum Gasteiger partial charge on any atom is -0.298 e. The molecule has 2 aromatic heterocycles. The van der Waals surface area contributed by atoms with Crippen molar-refractivity contribution in [2.24, 2.45) is 0 Å². The Labute approximate surface area is 137 Å². The van der Waals surface area contributed by atoms with Gasteiger partial charge in [-0.1, -0.05) is 17.8 Å². The number of nitrogens with one attached hydrogen (secondary N) is 2. The van der Waals surface area contributed by atoms with Crippen molar-refractivity contribution >= 4 is 23.6 Å². The summed E-state index contributed by atoms with van der Waals surface area (Å²) < 4.78 is 1.86. The molecule has 0 bridgehead atoms. The van der Waals surface area contributed by atoms with E-state index < -0.39 is 0 Å². The van der Waals surface area contributed by atoms with Gasteiger partial charge in [-0.3, -0.25) is 30.0 Å². The first kappa shape index (κ1) is 16.7. The second-order valence-corrected chi connectivity index (χ2v) is 5.40. The Kier molecular flexibility index (Phi) is 5.87. The second-order valence-electron chi connectivity index (χ2n) is 4.46. The molecule has 0 saturated carbocycles. The lowest BCUT2D eigenvalue weighted by molar-refractivity contribution is -0.126. The molecule has 2 heterocycles. The van der Waals surface area contributed by atoms with Crippen LogP contribution in [0.2, 0.25) is 0 Å². The monoisotopic (exact) mass is 332 g/mol. The van der Waals surface area contributed by atoms with Crippen molar-refractivity contribution in [2.75, 3.05) is 5.75 Å². The fourth-order valence-corrected chi connectivity index (χ4v) is 2.48. The van der Waals surface area contributed by atoms with Crippen molar-refractivity contribution < 1.29 is 9.59 Å². The lowest BCUT2D eigenvalue weighted by atomic mass is 10.2. The predicted octanol–water partition coefficient (Wildman–Crippen LogP) is 0.785. The molecule has 0 fully saturated rings. The second kappa shape index (κ2) is 8.08. The van der Waals surface area contributed by atoms with Crippen LogP contribution in [0.25, 0.3) is 11.4 Å². The lowest BCUT2D eigenvalue weighted by Gasteiger charge is -2.08. The van der Waals surface area contributed by atoms with Gasteiger partial charge in [0.15, 0.2) is 11.0 Å². The third kappa shape index (κ3) is 4.65. The quantitative estimate of drug-likeness (QED) is 0.461. The van der Waals surface area contributed by atoms with Crippen molar-refractivity contribution in [1.82, 2.24) is 30.6 Å². The van der Waals surface area contributed by atoms with Crippen molar-refractivity contribution in [1.29, 1.82) is 0 Å². The van der Waals surface area contributed by atoms with E-state index in [1.165, 1.54) is 18.7 Å². The number of hydrogen-bond acceptors (Lipinski definition) is 6. The Hall–Kier alpha value is -2.68. The molecule has 0 unspecified atom stereocenters. The average Bonchev–Trinajstić information content (AvgIpc) is 2.95. The van der Waals surface area contributed by atoms with Gasteiger partial charge in [0.2, 0.25) is 11.8 Å². The lowest BCUT2D eigenvalue weighted by Crippen LogP contribution is -2.41. The summed E-state index contributed by atoms with van der Waals surface area (Å²) in [6.07, 6.45) is 5.08. The summed E-state index contributed by atoms with van der Waals surface area (Å²) in [6, 6.07) is 3.67. The molecule has 0 aromatic carbocycles. The van der Waals surface area contributed by atoms with Crippen LogP contribution in [0.15, 0.2) is 42.3 Å². The molecule has 0 saturated heterocycles. The van der Waals surface area contributed by atoms with E-state index >= 15 is 0 Å². The van der Waals surface area contributed by atoms with Gasteiger partial charge in [-0.2, -0.15) is 0 Å². The summed E-state index contributed by atoms with van der Waals surface area (Å²) in [7, 11) is 0. The number of rotatable bonds is 6. The third-order valence-corrected chi connectivity index (χ3v) is 3.64. The summed E-state index contributed by atoms with van der Waals surface area (Å²) in [4.78, 5) is 26.4. The minimum absolute atomic E-state index is 0.103. The van der Waals surface area contributed by atoms with Gasteiger partial charge in [0.1, 0.15) is 0 Å². The van der Waals surface area contributed by atoms with Crippen molar-refractivity contribution in [3.8, 4) is 11.4 Å². The van der Waals surface area contributed by atoms with E-state index in [0.29, 0.717) is 17.5 Å². The molecule has 9 heteroatoms. The molecule has 0 aliphatic heterocycles. The average molecular weight is 332 g/mol. The first-order chi connectivity index (χ1) is 11.1. The SMILES string of the molecule is C=CCn1c(SCC(=O)NNC(C)=O)nnc1-c1ccncc1. The maximum atomic E-state index is 11.6. The fourth-order valence-electron chi connectivity index (χ4n) is 1.73. The molecule has 2 N–H and O–H groups in total. The molecule has 0 spiro atoms. The minimum atomic E-state index is -0.335. The largest absolute Gasteiger partial charge is 0.298 e. The summed E-state index contributed by atoms with van der Waals surface area (Å²) in [6.45, 7) is 5.56. The predicted molar refractivity (Wildman–Crippen MR) is 86.1 cm³/mol. The number of amides is 2. The molecular weight excluding hydrogens is 316 g/mol. The van der Waals surface area contributed by atoms with Crippen LogP contribution in [-0.2, 0) is 16.1 Å². The number of hydrogen-bond donors (Lipinski definition) is 2. The first-order valence-corrected chi connectivity index (χ1v) is 7.73. The summed E-state index contributed by atoms with van der Waals surface area (Å²) >= 11 is 1.22. The zero-order valence-electron chi connectivity index (χ0n) is 12.5. The van der Waals surface area contributed by atoms with E-state index in [-0.39, 0.29) is 17.6 Å². The number of pyridine rings is 1. The fraction of sp³-hybridized carbons (Fsp3) is 0.214. The first-order valence-electron chi connectivity index (χ1n) is 6.74. The number of thioether (sulfide) groups is 1. The third-order valence-electron chi connectivity index (χ3n) is 2.68. The van der Waals surface area contributed by atoms with Crippen LogP contribution in [0.1, 0.15) is 6.92 Å². The molecular formula is C14H16N6O2S. The van der Waals surface area contributed by atoms with E-state index in [1.807, 2.05) is 16.7 Å². The van der Waals surface area contributed by atoms with E-state index in [4.69, 9.17) is 0 Å².